The van der Waals surface area contributed by atoms with E-state index in [1.807, 2.05) is 42.6 Å². The SMILES string of the molecule is Cc1csc(NC(=O)N[C@H](CCCO)c2ccccc2)n1. The average molecular weight is 305 g/mol. The van der Waals surface area contributed by atoms with Crippen molar-refractivity contribution in [3.63, 3.8) is 0 Å². The second-order valence-corrected chi connectivity index (χ2v) is 5.58. The first kappa shape index (κ1) is 15.5. The van der Waals surface area contributed by atoms with Crippen LogP contribution in [0.3, 0.4) is 0 Å². The third-order valence-electron chi connectivity index (χ3n) is 3.00. The molecule has 1 aromatic carbocycles. The molecule has 1 heterocycles. The number of carbonyl (C=O) groups excluding carboxylic acids is 1. The summed E-state index contributed by atoms with van der Waals surface area (Å²) in [6.07, 6.45) is 1.32. The maximum absolute atomic E-state index is 12.1. The molecule has 1 atom stereocenters. The molecule has 0 aliphatic rings. The van der Waals surface area contributed by atoms with Crippen molar-refractivity contribution < 1.29 is 9.90 Å². The second-order valence-electron chi connectivity index (χ2n) is 4.72. The minimum atomic E-state index is -0.281. The Bertz CT molecular complexity index is 571. The molecule has 2 amide bonds. The van der Waals surface area contributed by atoms with Crippen LogP contribution >= 0.6 is 11.3 Å². The Balaban J connectivity index is 1.99. The van der Waals surface area contributed by atoms with E-state index in [1.54, 1.807) is 0 Å². The van der Waals surface area contributed by atoms with Crippen LogP contribution in [0.4, 0.5) is 9.93 Å². The van der Waals surface area contributed by atoms with Crippen LogP contribution in [0.2, 0.25) is 0 Å². The van der Waals surface area contributed by atoms with Gasteiger partial charge in [0.05, 0.1) is 11.7 Å². The topological polar surface area (TPSA) is 74.2 Å². The summed E-state index contributed by atoms with van der Waals surface area (Å²) in [5.74, 6) is 0. The summed E-state index contributed by atoms with van der Waals surface area (Å²) in [4.78, 5) is 16.2. The van der Waals surface area contributed by atoms with Crippen LogP contribution in [0.5, 0.6) is 0 Å². The standard InChI is InChI=1S/C15H19N3O2S/c1-11-10-21-15(16-11)18-14(20)17-13(8-5-9-19)12-6-3-2-4-7-12/h2-4,6-7,10,13,19H,5,8-9H2,1H3,(H2,16,17,18,20)/t13-/m1/s1. The van der Waals surface area contributed by atoms with Crippen molar-refractivity contribution in [3.8, 4) is 0 Å². The molecule has 21 heavy (non-hydrogen) atoms. The minimum absolute atomic E-state index is 0.109. The molecule has 0 saturated carbocycles. The van der Waals surface area contributed by atoms with E-state index in [0.717, 1.165) is 11.3 Å². The zero-order valence-electron chi connectivity index (χ0n) is 11.9. The summed E-state index contributed by atoms with van der Waals surface area (Å²) < 4.78 is 0. The highest BCUT2D eigenvalue weighted by Crippen LogP contribution is 2.19. The first-order valence-corrected chi connectivity index (χ1v) is 7.72. The van der Waals surface area contributed by atoms with E-state index in [0.29, 0.717) is 18.0 Å². The van der Waals surface area contributed by atoms with Gasteiger partial charge in [-0.05, 0) is 25.3 Å². The number of anilines is 1. The number of nitrogens with one attached hydrogen (secondary N) is 2. The summed E-state index contributed by atoms with van der Waals surface area (Å²) in [6, 6.07) is 9.34. The van der Waals surface area contributed by atoms with Gasteiger partial charge in [-0.3, -0.25) is 5.32 Å². The lowest BCUT2D eigenvalue weighted by Crippen LogP contribution is -2.32. The van der Waals surface area contributed by atoms with Crippen molar-refractivity contribution in [2.24, 2.45) is 0 Å². The molecule has 0 fully saturated rings. The van der Waals surface area contributed by atoms with Crippen molar-refractivity contribution in [2.75, 3.05) is 11.9 Å². The van der Waals surface area contributed by atoms with Crippen LogP contribution < -0.4 is 10.6 Å². The monoisotopic (exact) mass is 305 g/mol. The van der Waals surface area contributed by atoms with Crippen molar-refractivity contribution in [3.05, 3.63) is 47.0 Å². The lowest BCUT2D eigenvalue weighted by atomic mass is 10.0. The average Bonchev–Trinajstić information content (AvgIpc) is 2.89. The maximum atomic E-state index is 12.1. The first-order valence-electron chi connectivity index (χ1n) is 6.84. The number of benzene rings is 1. The van der Waals surface area contributed by atoms with Crippen LogP contribution in [0, 0.1) is 6.92 Å². The van der Waals surface area contributed by atoms with Gasteiger partial charge in [0.15, 0.2) is 5.13 Å². The molecule has 0 spiro atoms. The number of hydrogen-bond acceptors (Lipinski definition) is 4. The van der Waals surface area contributed by atoms with Crippen molar-refractivity contribution >= 4 is 22.5 Å². The number of aryl methyl sites for hydroxylation is 1. The molecule has 112 valence electrons. The Kier molecular flexibility index (Phi) is 5.71. The Morgan fingerprint density at radius 3 is 2.76 bits per heavy atom. The smallest absolute Gasteiger partial charge is 0.321 e. The number of hydrogen-bond donors (Lipinski definition) is 3. The van der Waals surface area contributed by atoms with Crippen molar-refractivity contribution in [2.45, 2.75) is 25.8 Å². The highest BCUT2D eigenvalue weighted by Gasteiger charge is 2.14. The zero-order chi connectivity index (χ0) is 15.1. The number of amides is 2. The molecule has 0 saturated heterocycles. The van der Waals surface area contributed by atoms with Crippen molar-refractivity contribution in [1.82, 2.24) is 10.3 Å². The quantitative estimate of drug-likeness (QED) is 0.768. The number of nitrogens with zero attached hydrogens (tertiary/aromatic N) is 1. The van der Waals surface area contributed by atoms with E-state index in [4.69, 9.17) is 5.11 Å². The van der Waals surface area contributed by atoms with E-state index >= 15 is 0 Å². The largest absolute Gasteiger partial charge is 0.396 e. The molecule has 2 rings (SSSR count). The zero-order valence-corrected chi connectivity index (χ0v) is 12.7. The van der Waals surface area contributed by atoms with Crippen LogP contribution in [0.25, 0.3) is 0 Å². The summed E-state index contributed by atoms with van der Waals surface area (Å²) in [7, 11) is 0. The van der Waals surface area contributed by atoms with Gasteiger partial charge < -0.3 is 10.4 Å². The van der Waals surface area contributed by atoms with Gasteiger partial charge >= 0.3 is 6.03 Å². The van der Waals surface area contributed by atoms with Crippen molar-refractivity contribution in [1.29, 1.82) is 0 Å². The molecular formula is C15H19N3O2S. The Morgan fingerprint density at radius 1 is 1.38 bits per heavy atom. The number of aliphatic hydroxyl groups excluding tert-OH is 1. The fourth-order valence-corrected chi connectivity index (χ4v) is 2.69. The van der Waals surface area contributed by atoms with Gasteiger partial charge in [0.25, 0.3) is 0 Å². The van der Waals surface area contributed by atoms with Gasteiger partial charge in [-0.2, -0.15) is 0 Å². The summed E-state index contributed by atoms with van der Waals surface area (Å²) >= 11 is 1.40. The Hall–Kier alpha value is -1.92. The van der Waals surface area contributed by atoms with Gasteiger partial charge in [-0.1, -0.05) is 30.3 Å². The number of thiazole rings is 1. The predicted octanol–water partition coefficient (Wildman–Crippen LogP) is 3.09. The molecule has 6 heteroatoms. The Morgan fingerprint density at radius 2 is 2.14 bits per heavy atom. The van der Waals surface area contributed by atoms with E-state index in [-0.39, 0.29) is 18.7 Å². The van der Waals surface area contributed by atoms with E-state index in [1.165, 1.54) is 11.3 Å². The van der Waals surface area contributed by atoms with Crippen LogP contribution in [-0.4, -0.2) is 22.7 Å². The maximum Gasteiger partial charge on any atom is 0.321 e. The van der Waals surface area contributed by atoms with Gasteiger partial charge in [0.1, 0.15) is 0 Å². The highest BCUT2D eigenvalue weighted by atomic mass is 32.1. The van der Waals surface area contributed by atoms with E-state index in [2.05, 4.69) is 15.6 Å². The van der Waals surface area contributed by atoms with Gasteiger partial charge in [0, 0.05) is 12.0 Å². The number of urea groups is 1. The minimum Gasteiger partial charge on any atom is -0.396 e. The number of carbonyl (C=O) groups is 1. The first-order chi connectivity index (χ1) is 10.2. The van der Waals surface area contributed by atoms with Gasteiger partial charge in [-0.25, -0.2) is 9.78 Å². The number of rotatable bonds is 6. The molecule has 0 bridgehead atoms. The number of aliphatic hydroxyl groups is 1. The lowest BCUT2D eigenvalue weighted by molar-refractivity contribution is 0.244. The second kappa shape index (κ2) is 7.75. The van der Waals surface area contributed by atoms with Crippen LogP contribution in [0.1, 0.15) is 30.1 Å². The van der Waals surface area contributed by atoms with E-state index in [9.17, 15) is 4.79 Å². The third-order valence-corrected chi connectivity index (χ3v) is 3.87. The molecular weight excluding hydrogens is 286 g/mol. The number of aromatic nitrogens is 1. The fourth-order valence-electron chi connectivity index (χ4n) is 2.01. The fraction of sp³-hybridized carbons (Fsp3) is 0.333. The molecule has 0 radical (unpaired) electrons. The lowest BCUT2D eigenvalue weighted by Gasteiger charge is -2.18. The van der Waals surface area contributed by atoms with Gasteiger partial charge in [-0.15, -0.1) is 11.3 Å². The predicted molar refractivity (Wildman–Crippen MR) is 84.5 cm³/mol. The normalized spacial score (nSPS) is 11.9. The molecule has 5 nitrogen and oxygen atoms in total. The molecule has 0 unspecified atom stereocenters. The van der Waals surface area contributed by atoms with E-state index < -0.39 is 0 Å². The molecule has 3 N–H and O–H groups in total. The highest BCUT2D eigenvalue weighted by molar-refractivity contribution is 7.13. The van der Waals surface area contributed by atoms with Crippen LogP contribution in [0.15, 0.2) is 35.7 Å². The summed E-state index contributed by atoms with van der Waals surface area (Å²) in [6.45, 7) is 1.99. The molecule has 1 aromatic heterocycles. The molecule has 0 aliphatic carbocycles. The molecule has 0 aliphatic heterocycles. The van der Waals surface area contributed by atoms with Gasteiger partial charge in [0.2, 0.25) is 0 Å². The third kappa shape index (κ3) is 4.84. The summed E-state index contributed by atoms with van der Waals surface area (Å²) in [5.41, 5.74) is 1.91. The molecule has 2 aromatic rings. The Labute approximate surface area is 128 Å². The van der Waals surface area contributed by atoms with Crippen LogP contribution in [-0.2, 0) is 0 Å². The summed E-state index contributed by atoms with van der Waals surface area (Å²) in [5, 5.41) is 17.1.